The molecule has 2 rings (SSSR count). The minimum absolute atomic E-state index is 0.0398. The summed E-state index contributed by atoms with van der Waals surface area (Å²) in [6.45, 7) is 6.58. The molecule has 1 aromatic carbocycles. The van der Waals surface area contributed by atoms with Crippen LogP contribution in [-0.2, 0) is 19.1 Å². The van der Waals surface area contributed by atoms with E-state index in [1.807, 2.05) is 18.2 Å². The predicted octanol–water partition coefficient (Wildman–Crippen LogP) is 2.99. The highest BCUT2D eigenvalue weighted by atomic mass is 16.5. The Morgan fingerprint density at radius 3 is 2.71 bits per heavy atom. The summed E-state index contributed by atoms with van der Waals surface area (Å²) in [5.74, 6) is -0.273. The number of benzene rings is 1. The zero-order chi connectivity index (χ0) is 15.6. The first-order valence-corrected chi connectivity index (χ1v) is 6.76. The molecule has 0 aliphatic rings. The second kappa shape index (κ2) is 5.60. The van der Waals surface area contributed by atoms with Crippen molar-refractivity contribution in [3.05, 3.63) is 47.3 Å². The Bertz CT molecular complexity index is 654. The van der Waals surface area contributed by atoms with Gasteiger partial charge in [-0.05, 0) is 23.1 Å². The Kier molecular flexibility index (Phi) is 4.02. The van der Waals surface area contributed by atoms with Crippen LogP contribution < -0.4 is 4.74 Å². The van der Waals surface area contributed by atoms with E-state index in [2.05, 4.69) is 31.9 Å². The molecule has 2 aromatic rings. The van der Waals surface area contributed by atoms with Gasteiger partial charge < -0.3 is 9.84 Å². The highest BCUT2D eigenvalue weighted by molar-refractivity contribution is 5.88. The lowest BCUT2D eigenvalue weighted by molar-refractivity contribution is 0.0693. The lowest BCUT2D eigenvalue weighted by Gasteiger charge is -2.19. The van der Waals surface area contributed by atoms with Gasteiger partial charge in [0.25, 0.3) is 0 Å². The Morgan fingerprint density at radius 2 is 2.10 bits per heavy atom. The van der Waals surface area contributed by atoms with Gasteiger partial charge in [0, 0.05) is 7.05 Å². The van der Waals surface area contributed by atoms with E-state index in [1.165, 1.54) is 16.4 Å². The topological polar surface area (TPSA) is 64.4 Å². The molecule has 0 spiro atoms. The van der Waals surface area contributed by atoms with Crippen molar-refractivity contribution in [2.45, 2.75) is 32.8 Å². The number of hydrogen-bond acceptors (Lipinski definition) is 3. The fourth-order valence-corrected chi connectivity index (χ4v) is 2.02. The monoisotopic (exact) mass is 288 g/mol. The molecule has 5 heteroatoms. The van der Waals surface area contributed by atoms with Crippen molar-refractivity contribution >= 4 is 5.97 Å². The van der Waals surface area contributed by atoms with Crippen molar-refractivity contribution in [1.82, 2.24) is 9.78 Å². The molecule has 0 aliphatic heterocycles. The number of carboxylic acid groups (broad SMARTS) is 1. The highest BCUT2D eigenvalue weighted by Crippen LogP contribution is 2.26. The Balaban J connectivity index is 2.18. The minimum atomic E-state index is -0.995. The zero-order valence-electron chi connectivity index (χ0n) is 12.8. The molecule has 21 heavy (non-hydrogen) atoms. The van der Waals surface area contributed by atoms with Gasteiger partial charge in [0.1, 0.15) is 17.9 Å². The molecule has 0 unspecified atom stereocenters. The van der Waals surface area contributed by atoms with Gasteiger partial charge in [-0.1, -0.05) is 32.9 Å². The molecule has 112 valence electrons. The van der Waals surface area contributed by atoms with Crippen molar-refractivity contribution in [3.63, 3.8) is 0 Å². The van der Waals surface area contributed by atoms with Crippen LogP contribution in [0.2, 0.25) is 0 Å². The van der Waals surface area contributed by atoms with Crippen LogP contribution in [-0.4, -0.2) is 20.9 Å². The molecule has 0 amide bonds. The maximum absolute atomic E-state index is 11.1. The third kappa shape index (κ3) is 3.42. The van der Waals surface area contributed by atoms with Crippen molar-refractivity contribution in [1.29, 1.82) is 0 Å². The van der Waals surface area contributed by atoms with E-state index in [-0.39, 0.29) is 17.6 Å². The van der Waals surface area contributed by atoms with Gasteiger partial charge in [-0.3, -0.25) is 4.68 Å². The van der Waals surface area contributed by atoms with Gasteiger partial charge in [0.2, 0.25) is 0 Å². The summed E-state index contributed by atoms with van der Waals surface area (Å²) in [6.07, 6.45) is 1.34. The molecule has 1 heterocycles. The van der Waals surface area contributed by atoms with Crippen molar-refractivity contribution in [2.24, 2.45) is 7.05 Å². The summed E-state index contributed by atoms with van der Waals surface area (Å²) in [6, 6.07) is 7.85. The molecule has 0 aliphatic carbocycles. The second-order valence-corrected chi connectivity index (χ2v) is 6.00. The molecule has 1 N–H and O–H groups in total. The SMILES string of the molecule is Cn1ncc(C(=O)O)c1COc1cccc(C(C)(C)C)c1. The van der Waals surface area contributed by atoms with E-state index in [4.69, 9.17) is 9.84 Å². The van der Waals surface area contributed by atoms with Gasteiger partial charge in [0.05, 0.1) is 11.9 Å². The smallest absolute Gasteiger partial charge is 0.339 e. The Hall–Kier alpha value is -2.30. The van der Waals surface area contributed by atoms with Crippen LogP contribution in [0.25, 0.3) is 0 Å². The number of aromatic nitrogens is 2. The first-order chi connectivity index (χ1) is 9.79. The number of ether oxygens (including phenoxy) is 1. The van der Waals surface area contributed by atoms with Crippen LogP contribution in [0.1, 0.15) is 42.4 Å². The zero-order valence-corrected chi connectivity index (χ0v) is 12.8. The number of aryl methyl sites for hydroxylation is 1. The fourth-order valence-electron chi connectivity index (χ4n) is 2.02. The van der Waals surface area contributed by atoms with Crippen LogP contribution in [0, 0.1) is 0 Å². The molecule has 5 nitrogen and oxygen atoms in total. The quantitative estimate of drug-likeness (QED) is 0.939. The summed E-state index contributed by atoms with van der Waals surface area (Å²) < 4.78 is 7.26. The molecule has 0 radical (unpaired) electrons. The molecule has 1 aromatic heterocycles. The number of carboxylic acids is 1. The van der Waals surface area contributed by atoms with Gasteiger partial charge in [-0.15, -0.1) is 0 Å². The van der Waals surface area contributed by atoms with E-state index in [0.29, 0.717) is 5.69 Å². The molecule has 0 atom stereocenters. The van der Waals surface area contributed by atoms with E-state index in [1.54, 1.807) is 7.05 Å². The van der Waals surface area contributed by atoms with E-state index >= 15 is 0 Å². The van der Waals surface area contributed by atoms with Crippen LogP contribution in [0.3, 0.4) is 0 Å². The standard InChI is InChI=1S/C16H20N2O3/c1-16(2,3)11-6-5-7-12(8-11)21-10-14-13(15(19)20)9-17-18(14)4/h5-9H,10H2,1-4H3,(H,19,20). The molecular formula is C16H20N2O3. The normalized spacial score (nSPS) is 11.4. The van der Waals surface area contributed by atoms with Crippen molar-refractivity contribution < 1.29 is 14.6 Å². The number of carbonyl (C=O) groups is 1. The van der Waals surface area contributed by atoms with E-state index in [0.717, 1.165) is 5.75 Å². The maximum Gasteiger partial charge on any atom is 0.339 e. The Labute approximate surface area is 124 Å². The van der Waals surface area contributed by atoms with Gasteiger partial charge in [-0.2, -0.15) is 5.10 Å². The van der Waals surface area contributed by atoms with Crippen LogP contribution in [0.5, 0.6) is 5.75 Å². The average molecular weight is 288 g/mol. The largest absolute Gasteiger partial charge is 0.487 e. The second-order valence-electron chi connectivity index (χ2n) is 6.00. The first kappa shape index (κ1) is 15.1. The summed E-state index contributed by atoms with van der Waals surface area (Å²) >= 11 is 0. The van der Waals surface area contributed by atoms with E-state index in [9.17, 15) is 4.79 Å². The van der Waals surface area contributed by atoms with Crippen LogP contribution >= 0.6 is 0 Å². The summed E-state index contributed by atoms with van der Waals surface area (Å²) in [7, 11) is 1.71. The third-order valence-corrected chi connectivity index (χ3v) is 3.37. The maximum atomic E-state index is 11.1. The van der Waals surface area contributed by atoms with Crippen LogP contribution in [0.15, 0.2) is 30.5 Å². The first-order valence-electron chi connectivity index (χ1n) is 6.76. The van der Waals surface area contributed by atoms with E-state index < -0.39 is 5.97 Å². The minimum Gasteiger partial charge on any atom is -0.487 e. The Morgan fingerprint density at radius 1 is 1.38 bits per heavy atom. The third-order valence-electron chi connectivity index (χ3n) is 3.37. The molecular weight excluding hydrogens is 268 g/mol. The number of rotatable bonds is 4. The number of aromatic carboxylic acids is 1. The van der Waals surface area contributed by atoms with Gasteiger partial charge in [-0.25, -0.2) is 4.79 Å². The lowest BCUT2D eigenvalue weighted by atomic mass is 9.87. The predicted molar refractivity (Wildman–Crippen MR) is 79.6 cm³/mol. The number of nitrogens with zero attached hydrogens (tertiary/aromatic N) is 2. The van der Waals surface area contributed by atoms with Gasteiger partial charge in [0.15, 0.2) is 0 Å². The summed E-state index contributed by atoms with van der Waals surface area (Å²) in [5, 5.41) is 13.1. The van der Waals surface area contributed by atoms with Crippen molar-refractivity contribution in [2.75, 3.05) is 0 Å². The number of hydrogen-bond donors (Lipinski definition) is 1. The average Bonchev–Trinajstić information content (AvgIpc) is 2.77. The molecule has 0 saturated carbocycles. The molecule has 0 saturated heterocycles. The molecule has 0 bridgehead atoms. The molecule has 0 fully saturated rings. The van der Waals surface area contributed by atoms with Crippen LogP contribution in [0.4, 0.5) is 0 Å². The van der Waals surface area contributed by atoms with Gasteiger partial charge >= 0.3 is 5.97 Å². The summed E-state index contributed by atoms with van der Waals surface area (Å²) in [5.41, 5.74) is 1.93. The van der Waals surface area contributed by atoms with Crippen molar-refractivity contribution in [3.8, 4) is 5.75 Å². The lowest BCUT2D eigenvalue weighted by Crippen LogP contribution is -2.12. The highest BCUT2D eigenvalue weighted by Gasteiger charge is 2.17. The fraction of sp³-hybridized carbons (Fsp3) is 0.375. The summed E-state index contributed by atoms with van der Waals surface area (Å²) in [4.78, 5) is 11.1.